The topological polar surface area (TPSA) is 99.1 Å². The third kappa shape index (κ3) is 55.0. The molecule has 0 heterocycles. The summed E-state index contributed by atoms with van der Waals surface area (Å²) in [6.07, 6.45) is 68.1. The van der Waals surface area contributed by atoms with E-state index in [9.17, 15) is 19.5 Å². The Morgan fingerprint density at radius 3 is 0.575 bits per heavy atom. The van der Waals surface area contributed by atoms with Crippen molar-refractivity contribution < 1.29 is 33.7 Å². The molecule has 0 saturated carbocycles. The van der Waals surface area contributed by atoms with Gasteiger partial charge in [0.05, 0.1) is 32.7 Å². The second kappa shape index (κ2) is 59.6. The number of aliphatic hydroxyl groups is 1. The van der Waals surface area contributed by atoms with Gasteiger partial charge < -0.3 is 19.3 Å². The Bertz CT molecular complexity index is 1070. The van der Waals surface area contributed by atoms with Crippen LogP contribution in [-0.4, -0.2) is 48.4 Å². The van der Waals surface area contributed by atoms with E-state index in [1.807, 2.05) is 0 Å². The van der Waals surface area contributed by atoms with Crippen molar-refractivity contribution in [2.45, 2.75) is 386 Å². The lowest BCUT2D eigenvalue weighted by atomic mass is 9.95. The van der Waals surface area contributed by atoms with E-state index in [2.05, 4.69) is 20.8 Å². The van der Waals surface area contributed by atoms with Crippen LogP contribution in [0, 0.1) is 0 Å². The molecule has 7 heteroatoms. The molecule has 0 aliphatic heterocycles. The minimum Gasteiger partial charge on any atom is -0.466 e. The number of ether oxygens (including phenoxy) is 3. The summed E-state index contributed by atoms with van der Waals surface area (Å²) >= 11 is 0. The molecule has 1 N–H and O–H groups in total. The maximum Gasteiger partial charge on any atom is 0.339 e. The van der Waals surface area contributed by atoms with Crippen molar-refractivity contribution in [3.63, 3.8) is 0 Å². The molecule has 0 unspecified atom stereocenters. The first kappa shape index (κ1) is 71.4. The summed E-state index contributed by atoms with van der Waals surface area (Å²) in [5, 5.41) is 11.5. The molecule has 73 heavy (non-hydrogen) atoms. The summed E-state index contributed by atoms with van der Waals surface area (Å²) in [4.78, 5) is 39.3. The fourth-order valence-electron chi connectivity index (χ4n) is 10.5. The second-order valence-electron chi connectivity index (χ2n) is 23.0. The van der Waals surface area contributed by atoms with Crippen molar-refractivity contribution in [1.29, 1.82) is 0 Å². The van der Waals surface area contributed by atoms with Gasteiger partial charge in [0.15, 0.2) is 5.60 Å². The zero-order valence-electron chi connectivity index (χ0n) is 49.6. The van der Waals surface area contributed by atoms with Gasteiger partial charge in [-0.2, -0.15) is 0 Å². The SMILES string of the molecule is CCCCCCCCCCCCCCCCCCCCOC(=O)CC(O)(CC(=O)OCCCCCCCCCCCCCCCCCCCC)C(=O)OCCCCCCCCCCCCCCCCCCCC. The van der Waals surface area contributed by atoms with Crippen LogP contribution in [0.4, 0.5) is 0 Å². The molecule has 434 valence electrons. The third-order valence-corrected chi connectivity index (χ3v) is 15.5. The van der Waals surface area contributed by atoms with Crippen LogP contribution in [-0.2, 0) is 28.6 Å². The fourth-order valence-corrected chi connectivity index (χ4v) is 10.5. The molecule has 0 bridgehead atoms. The first-order valence-electron chi connectivity index (χ1n) is 33.1. The summed E-state index contributed by atoms with van der Waals surface area (Å²) in [7, 11) is 0. The van der Waals surface area contributed by atoms with E-state index in [0.29, 0.717) is 6.42 Å². The highest BCUT2D eigenvalue weighted by Crippen LogP contribution is 2.22. The van der Waals surface area contributed by atoms with E-state index in [1.165, 1.54) is 289 Å². The summed E-state index contributed by atoms with van der Waals surface area (Å²) in [6, 6.07) is 0. The molecule has 0 rings (SSSR count). The normalized spacial score (nSPS) is 11.7. The molecule has 0 saturated heterocycles. The molecule has 0 amide bonds. The van der Waals surface area contributed by atoms with Crippen LogP contribution >= 0.6 is 0 Å². The van der Waals surface area contributed by atoms with E-state index in [0.717, 1.165) is 51.4 Å². The molecule has 0 atom stereocenters. The van der Waals surface area contributed by atoms with E-state index in [4.69, 9.17) is 14.2 Å². The van der Waals surface area contributed by atoms with Crippen molar-refractivity contribution >= 4 is 17.9 Å². The lowest BCUT2D eigenvalue weighted by Gasteiger charge is -2.24. The van der Waals surface area contributed by atoms with E-state index in [1.54, 1.807) is 0 Å². The Balaban J connectivity index is 4.40. The van der Waals surface area contributed by atoms with Crippen molar-refractivity contribution in [3.05, 3.63) is 0 Å². The van der Waals surface area contributed by atoms with Crippen LogP contribution in [0.5, 0.6) is 0 Å². The van der Waals surface area contributed by atoms with Crippen LogP contribution in [0.15, 0.2) is 0 Å². The Kier molecular flexibility index (Phi) is 58.3. The van der Waals surface area contributed by atoms with E-state index in [-0.39, 0.29) is 19.8 Å². The average molecular weight is 1030 g/mol. The maximum atomic E-state index is 13.3. The Morgan fingerprint density at radius 2 is 0.397 bits per heavy atom. The van der Waals surface area contributed by atoms with E-state index < -0.39 is 36.4 Å². The Labute approximate surface area is 455 Å². The summed E-state index contributed by atoms with van der Waals surface area (Å²) in [5.41, 5.74) is -2.30. The summed E-state index contributed by atoms with van der Waals surface area (Å²) in [6.45, 7) is 7.48. The Morgan fingerprint density at radius 1 is 0.247 bits per heavy atom. The standard InChI is InChI=1S/C66H128O7/c1-4-7-10-13-16-19-22-25-28-31-34-37-40-43-46-49-52-55-58-71-63(67)61-66(70,65(69)73-60-57-54-51-48-45-42-39-36-33-30-27-24-21-18-15-12-9-6-3)62-64(68)72-59-56-53-50-47-44-41-38-35-32-29-26-23-20-17-14-11-8-5-2/h70H,4-62H2,1-3H3. The van der Waals surface area contributed by atoms with Gasteiger partial charge in [0.25, 0.3) is 0 Å². The van der Waals surface area contributed by atoms with Gasteiger partial charge in [0.2, 0.25) is 0 Å². The molecule has 7 nitrogen and oxygen atoms in total. The smallest absolute Gasteiger partial charge is 0.339 e. The van der Waals surface area contributed by atoms with Crippen LogP contribution in [0.2, 0.25) is 0 Å². The number of carbonyl (C=O) groups is 3. The highest BCUT2D eigenvalue weighted by atomic mass is 16.6. The van der Waals surface area contributed by atoms with Gasteiger partial charge in [0.1, 0.15) is 0 Å². The van der Waals surface area contributed by atoms with Crippen LogP contribution in [0.3, 0.4) is 0 Å². The van der Waals surface area contributed by atoms with Crippen LogP contribution in [0.1, 0.15) is 380 Å². The highest BCUT2D eigenvalue weighted by Gasteiger charge is 2.43. The number of unbranched alkanes of at least 4 members (excludes halogenated alkanes) is 51. The zero-order valence-corrected chi connectivity index (χ0v) is 49.6. The average Bonchev–Trinajstić information content (AvgIpc) is 3.38. The first-order valence-corrected chi connectivity index (χ1v) is 33.1. The molecule has 0 aromatic rings. The number of rotatable bonds is 62. The van der Waals surface area contributed by atoms with Gasteiger partial charge >= 0.3 is 17.9 Å². The molecular formula is C66H128O7. The molecular weight excluding hydrogens is 905 g/mol. The quantitative estimate of drug-likeness (QED) is 0.0368. The van der Waals surface area contributed by atoms with Gasteiger partial charge in [-0.3, -0.25) is 9.59 Å². The van der Waals surface area contributed by atoms with Gasteiger partial charge in [-0.1, -0.05) is 348 Å². The largest absolute Gasteiger partial charge is 0.466 e. The van der Waals surface area contributed by atoms with Crippen molar-refractivity contribution in [2.24, 2.45) is 0 Å². The zero-order chi connectivity index (χ0) is 53.1. The molecule has 0 radical (unpaired) electrons. The van der Waals surface area contributed by atoms with Crippen molar-refractivity contribution in [2.75, 3.05) is 19.8 Å². The fraction of sp³-hybridized carbons (Fsp3) is 0.955. The van der Waals surface area contributed by atoms with Crippen molar-refractivity contribution in [3.8, 4) is 0 Å². The molecule has 0 spiro atoms. The van der Waals surface area contributed by atoms with Gasteiger partial charge in [-0.05, 0) is 19.3 Å². The summed E-state index contributed by atoms with van der Waals surface area (Å²) < 4.78 is 16.5. The first-order chi connectivity index (χ1) is 35.9. The molecule has 0 aromatic heterocycles. The monoisotopic (exact) mass is 1030 g/mol. The van der Waals surface area contributed by atoms with Crippen molar-refractivity contribution in [1.82, 2.24) is 0 Å². The molecule has 0 aromatic carbocycles. The maximum absolute atomic E-state index is 13.3. The lowest BCUT2D eigenvalue weighted by molar-refractivity contribution is -0.178. The third-order valence-electron chi connectivity index (χ3n) is 15.5. The minimum absolute atomic E-state index is 0.155. The summed E-state index contributed by atoms with van der Waals surface area (Å²) in [5.74, 6) is -2.30. The van der Waals surface area contributed by atoms with Crippen LogP contribution < -0.4 is 0 Å². The number of hydrogen-bond donors (Lipinski definition) is 1. The lowest BCUT2D eigenvalue weighted by Crippen LogP contribution is -2.45. The van der Waals surface area contributed by atoms with Gasteiger partial charge in [0, 0.05) is 0 Å². The van der Waals surface area contributed by atoms with Crippen LogP contribution in [0.25, 0.3) is 0 Å². The molecule has 0 aliphatic carbocycles. The van der Waals surface area contributed by atoms with Gasteiger partial charge in [-0.15, -0.1) is 0 Å². The predicted molar refractivity (Wildman–Crippen MR) is 313 cm³/mol. The highest BCUT2D eigenvalue weighted by molar-refractivity contribution is 5.90. The Hall–Kier alpha value is -1.63. The molecule has 0 aliphatic rings. The van der Waals surface area contributed by atoms with E-state index >= 15 is 0 Å². The minimum atomic E-state index is -2.30. The predicted octanol–water partition coefficient (Wildman–Crippen LogP) is 21.3. The second-order valence-corrected chi connectivity index (χ2v) is 23.0. The molecule has 0 fully saturated rings. The van der Waals surface area contributed by atoms with Gasteiger partial charge in [-0.25, -0.2) is 4.79 Å². The number of hydrogen-bond acceptors (Lipinski definition) is 7. The number of carbonyl (C=O) groups excluding carboxylic acids is 3. The number of esters is 3.